The van der Waals surface area contributed by atoms with Crippen molar-refractivity contribution in [2.45, 2.75) is 44.2 Å². The van der Waals surface area contributed by atoms with E-state index in [1.807, 2.05) is 0 Å². The van der Waals surface area contributed by atoms with Crippen LogP contribution in [0, 0.1) is 5.92 Å². The molecule has 1 atom stereocenters. The molecule has 1 aliphatic heterocycles. The molecule has 2 saturated carbocycles. The second-order valence-corrected chi connectivity index (χ2v) is 4.91. The topological polar surface area (TPSA) is 41.6 Å². The third kappa shape index (κ3) is 0.990. The lowest BCUT2D eigenvalue weighted by Gasteiger charge is -2.36. The summed E-state index contributed by atoms with van der Waals surface area (Å²) in [7, 11) is 0. The van der Waals surface area contributed by atoms with Gasteiger partial charge in [0.25, 0.3) is 0 Å². The molecule has 0 aromatic rings. The first kappa shape index (κ1) is 7.65. The summed E-state index contributed by atoms with van der Waals surface area (Å²) < 4.78 is 0. The molecular weight excluding hydrogens is 162 g/mol. The normalized spacial score (nSPS) is 39.5. The van der Waals surface area contributed by atoms with E-state index in [4.69, 9.17) is 5.73 Å². The van der Waals surface area contributed by atoms with Crippen LogP contribution in [0.25, 0.3) is 0 Å². The molecule has 2 aliphatic carbocycles. The van der Waals surface area contributed by atoms with Crippen molar-refractivity contribution in [2.75, 3.05) is 6.54 Å². The number of guanidine groups is 1. The molecule has 0 radical (unpaired) electrons. The molecule has 2 N–H and O–H groups in total. The second-order valence-electron chi connectivity index (χ2n) is 4.91. The SMILES string of the molecule is CC1(C2CC2)CN=C(N)N1C1CC1. The summed E-state index contributed by atoms with van der Waals surface area (Å²) in [5.41, 5.74) is 6.22. The molecule has 3 heteroatoms. The van der Waals surface area contributed by atoms with Crippen molar-refractivity contribution in [3.8, 4) is 0 Å². The monoisotopic (exact) mass is 179 g/mol. The minimum absolute atomic E-state index is 0.283. The van der Waals surface area contributed by atoms with Gasteiger partial charge in [-0.3, -0.25) is 4.99 Å². The van der Waals surface area contributed by atoms with Crippen LogP contribution in [0.15, 0.2) is 4.99 Å². The van der Waals surface area contributed by atoms with Crippen molar-refractivity contribution in [3.63, 3.8) is 0 Å². The fourth-order valence-corrected chi connectivity index (χ4v) is 2.62. The van der Waals surface area contributed by atoms with E-state index >= 15 is 0 Å². The van der Waals surface area contributed by atoms with Gasteiger partial charge in [0.1, 0.15) is 0 Å². The molecule has 2 fully saturated rings. The van der Waals surface area contributed by atoms with Crippen LogP contribution in [0.5, 0.6) is 0 Å². The van der Waals surface area contributed by atoms with E-state index in [-0.39, 0.29) is 5.54 Å². The first-order valence-electron chi connectivity index (χ1n) is 5.31. The van der Waals surface area contributed by atoms with E-state index in [0.29, 0.717) is 0 Å². The Kier molecular flexibility index (Phi) is 1.29. The van der Waals surface area contributed by atoms with E-state index in [1.54, 1.807) is 0 Å². The largest absolute Gasteiger partial charge is 0.370 e. The maximum Gasteiger partial charge on any atom is 0.192 e. The predicted molar refractivity (Wildman–Crippen MR) is 52.5 cm³/mol. The Bertz CT molecular complexity index is 265. The highest BCUT2D eigenvalue weighted by Gasteiger charge is 2.53. The Balaban J connectivity index is 1.88. The quantitative estimate of drug-likeness (QED) is 0.685. The zero-order valence-electron chi connectivity index (χ0n) is 8.16. The molecule has 0 aromatic carbocycles. The molecule has 0 spiro atoms. The van der Waals surface area contributed by atoms with E-state index < -0.39 is 0 Å². The van der Waals surface area contributed by atoms with Crippen molar-refractivity contribution in [1.29, 1.82) is 0 Å². The van der Waals surface area contributed by atoms with Crippen LogP contribution in [0.2, 0.25) is 0 Å². The van der Waals surface area contributed by atoms with Gasteiger partial charge >= 0.3 is 0 Å². The summed E-state index contributed by atoms with van der Waals surface area (Å²) in [6, 6.07) is 0.719. The summed E-state index contributed by atoms with van der Waals surface area (Å²) >= 11 is 0. The molecule has 0 aromatic heterocycles. The van der Waals surface area contributed by atoms with Gasteiger partial charge in [-0.25, -0.2) is 0 Å². The zero-order valence-corrected chi connectivity index (χ0v) is 8.16. The van der Waals surface area contributed by atoms with Gasteiger partial charge in [-0.2, -0.15) is 0 Å². The molecule has 3 rings (SSSR count). The van der Waals surface area contributed by atoms with Crippen molar-refractivity contribution in [2.24, 2.45) is 16.6 Å². The smallest absolute Gasteiger partial charge is 0.192 e. The van der Waals surface area contributed by atoms with Gasteiger partial charge in [-0.1, -0.05) is 0 Å². The molecule has 0 saturated heterocycles. The first-order chi connectivity index (χ1) is 6.22. The molecule has 1 unspecified atom stereocenters. The molecule has 3 nitrogen and oxygen atoms in total. The molecule has 13 heavy (non-hydrogen) atoms. The average Bonchev–Trinajstić information content (AvgIpc) is 2.96. The van der Waals surface area contributed by atoms with Gasteiger partial charge in [-0.05, 0) is 38.5 Å². The van der Waals surface area contributed by atoms with Crippen LogP contribution < -0.4 is 5.73 Å². The van der Waals surface area contributed by atoms with E-state index in [9.17, 15) is 0 Å². The number of nitrogens with zero attached hydrogens (tertiary/aromatic N) is 2. The van der Waals surface area contributed by atoms with E-state index in [2.05, 4.69) is 16.8 Å². The van der Waals surface area contributed by atoms with Crippen molar-refractivity contribution in [1.82, 2.24) is 4.90 Å². The summed E-state index contributed by atoms with van der Waals surface area (Å²) in [4.78, 5) is 6.82. The number of nitrogens with two attached hydrogens (primary N) is 1. The number of aliphatic imine (C=N–C) groups is 1. The molecular formula is C10H17N3. The zero-order chi connectivity index (χ0) is 9.05. The Labute approximate surface area is 79.0 Å². The third-order valence-electron chi connectivity index (χ3n) is 3.73. The van der Waals surface area contributed by atoms with Crippen LogP contribution in [-0.4, -0.2) is 29.0 Å². The first-order valence-corrected chi connectivity index (χ1v) is 5.31. The van der Waals surface area contributed by atoms with Gasteiger partial charge in [0.2, 0.25) is 0 Å². The van der Waals surface area contributed by atoms with Crippen LogP contribution in [0.4, 0.5) is 0 Å². The van der Waals surface area contributed by atoms with Gasteiger partial charge in [-0.15, -0.1) is 0 Å². The fraction of sp³-hybridized carbons (Fsp3) is 0.900. The summed E-state index contributed by atoms with van der Waals surface area (Å²) in [5, 5.41) is 0. The van der Waals surface area contributed by atoms with Gasteiger partial charge in [0, 0.05) is 6.04 Å². The van der Waals surface area contributed by atoms with Gasteiger partial charge in [0.05, 0.1) is 12.1 Å². The van der Waals surface area contributed by atoms with Crippen LogP contribution in [0.1, 0.15) is 32.6 Å². The molecule has 0 amide bonds. The summed E-state index contributed by atoms with van der Waals surface area (Å²) in [6.45, 7) is 3.27. The standard InChI is InChI=1S/C10H17N3/c1-10(7-2-3-7)6-12-9(11)13(10)8-4-5-8/h7-8H,2-6H2,1H3,(H2,11,12). The predicted octanol–water partition coefficient (Wildman–Crippen LogP) is 0.948. The van der Waals surface area contributed by atoms with Crippen molar-refractivity contribution < 1.29 is 0 Å². The lowest BCUT2D eigenvalue weighted by atomic mass is 9.95. The Morgan fingerprint density at radius 3 is 2.62 bits per heavy atom. The third-order valence-corrected chi connectivity index (χ3v) is 3.73. The summed E-state index contributed by atoms with van der Waals surface area (Å²) in [6.07, 6.45) is 5.39. The Morgan fingerprint density at radius 1 is 1.38 bits per heavy atom. The Morgan fingerprint density at radius 2 is 2.08 bits per heavy atom. The van der Waals surface area contributed by atoms with Gasteiger partial charge < -0.3 is 10.6 Å². The molecule has 1 heterocycles. The molecule has 0 bridgehead atoms. The Hall–Kier alpha value is -0.730. The van der Waals surface area contributed by atoms with Crippen molar-refractivity contribution >= 4 is 5.96 Å². The van der Waals surface area contributed by atoms with Crippen LogP contribution in [-0.2, 0) is 0 Å². The van der Waals surface area contributed by atoms with E-state index in [0.717, 1.165) is 24.5 Å². The van der Waals surface area contributed by atoms with Crippen molar-refractivity contribution in [3.05, 3.63) is 0 Å². The minimum atomic E-state index is 0.283. The fourth-order valence-electron chi connectivity index (χ4n) is 2.62. The second kappa shape index (κ2) is 2.20. The maximum absolute atomic E-state index is 5.94. The highest BCUT2D eigenvalue weighted by atomic mass is 15.4. The molecule has 3 aliphatic rings. The van der Waals surface area contributed by atoms with Crippen LogP contribution in [0.3, 0.4) is 0 Å². The number of hydrogen-bond acceptors (Lipinski definition) is 3. The average molecular weight is 179 g/mol. The number of hydrogen-bond donors (Lipinski definition) is 1. The van der Waals surface area contributed by atoms with Crippen LogP contribution >= 0.6 is 0 Å². The number of rotatable bonds is 2. The summed E-state index contributed by atoms with van der Waals surface area (Å²) in [5.74, 6) is 1.66. The maximum atomic E-state index is 5.94. The van der Waals surface area contributed by atoms with Gasteiger partial charge in [0.15, 0.2) is 5.96 Å². The lowest BCUT2D eigenvalue weighted by molar-refractivity contribution is 0.184. The molecule has 72 valence electrons. The lowest BCUT2D eigenvalue weighted by Crippen LogP contribution is -2.52. The minimum Gasteiger partial charge on any atom is -0.370 e. The highest BCUT2D eigenvalue weighted by Crippen LogP contribution is 2.48. The van der Waals surface area contributed by atoms with E-state index in [1.165, 1.54) is 25.7 Å². The highest BCUT2D eigenvalue weighted by molar-refractivity contribution is 5.81.